The summed E-state index contributed by atoms with van der Waals surface area (Å²) < 4.78 is 23.8. The average molecular weight is 526 g/mol. The van der Waals surface area contributed by atoms with E-state index in [9.17, 15) is 9.18 Å². The summed E-state index contributed by atoms with van der Waals surface area (Å²) in [5, 5.41) is 5.26. The highest BCUT2D eigenvalue weighted by Crippen LogP contribution is 2.35. The van der Waals surface area contributed by atoms with E-state index in [1.165, 1.54) is 6.07 Å². The summed E-state index contributed by atoms with van der Waals surface area (Å²) in [5.74, 6) is -0.118. The number of hydrogen-bond acceptors (Lipinski definition) is 4. The van der Waals surface area contributed by atoms with E-state index in [-0.39, 0.29) is 30.0 Å². The lowest BCUT2D eigenvalue weighted by Gasteiger charge is -2.32. The fraction of sp³-hybridized carbons (Fsp3) is 0.357. The molecule has 0 unspecified atom stereocenters. The molecule has 2 N–H and O–H groups in total. The summed E-state index contributed by atoms with van der Waals surface area (Å²) in [6.45, 7) is 2.74. The lowest BCUT2D eigenvalue weighted by Crippen LogP contribution is -2.38. The van der Waals surface area contributed by atoms with Crippen LogP contribution in [0.5, 0.6) is 0 Å². The topological polar surface area (TPSA) is 78.3 Å². The van der Waals surface area contributed by atoms with Crippen molar-refractivity contribution < 1.29 is 13.9 Å². The second kappa shape index (κ2) is 11.5. The van der Waals surface area contributed by atoms with Crippen LogP contribution in [-0.4, -0.2) is 52.0 Å². The molecule has 1 amide bonds. The second-order valence-electron chi connectivity index (χ2n) is 9.40. The number of nitrogens with two attached hydrogens (primary N) is 1. The molecule has 1 aliphatic rings. The number of nitrogens with zero attached hydrogens (tertiary/aromatic N) is 4. The van der Waals surface area contributed by atoms with Gasteiger partial charge in [-0.3, -0.25) is 9.48 Å². The molecule has 0 aliphatic carbocycles. The van der Waals surface area contributed by atoms with Crippen molar-refractivity contribution >= 4 is 29.2 Å². The molecule has 1 fully saturated rings. The Balaban J connectivity index is 0.00000320. The summed E-state index contributed by atoms with van der Waals surface area (Å²) in [5.41, 5.74) is 11.0. The van der Waals surface area contributed by atoms with Gasteiger partial charge in [0.2, 0.25) is 0 Å². The minimum atomic E-state index is -0.195. The van der Waals surface area contributed by atoms with Gasteiger partial charge in [-0.2, -0.15) is 5.10 Å². The second-order valence-corrected chi connectivity index (χ2v) is 9.40. The number of hydrogen-bond donors (Lipinski definition) is 1. The van der Waals surface area contributed by atoms with Gasteiger partial charge < -0.3 is 19.9 Å². The number of ether oxygens (including phenoxy) is 1. The normalized spacial score (nSPS) is 14.2. The van der Waals surface area contributed by atoms with Crippen molar-refractivity contribution in [2.45, 2.75) is 31.8 Å². The first-order valence-electron chi connectivity index (χ1n) is 12.4. The number of rotatable bonds is 7. The largest absolute Gasteiger partial charge is 0.383 e. The minimum absolute atomic E-state index is 0. The Bertz CT molecular complexity index is 1390. The SMILES string of the molecule is COCCn1cc(C(=O)N2CCC(c3cc(CN)ccc3F)CC2)c2c(-c3ccnn3C)cccc21.Cl. The van der Waals surface area contributed by atoms with Crippen molar-refractivity contribution in [2.24, 2.45) is 12.8 Å². The highest BCUT2D eigenvalue weighted by atomic mass is 35.5. The lowest BCUT2D eigenvalue weighted by atomic mass is 9.88. The quantitative estimate of drug-likeness (QED) is 0.378. The number of carbonyl (C=O) groups is 1. The number of amides is 1. The van der Waals surface area contributed by atoms with Gasteiger partial charge >= 0.3 is 0 Å². The van der Waals surface area contributed by atoms with Crippen molar-refractivity contribution in [3.05, 3.63) is 77.4 Å². The molecule has 9 heteroatoms. The number of methoxy groups -OCH3 is 1. The Morgan fingerprint density at radius 1 is 1.19 bits per heavy atom. The van der Waals surface area contributed by atoms with Crippen LogP contribution < -0.4 is 5.73 Å². The van der Waals surface area contributed by atoms with Crippen molar-refractivity contribution in [3.63, 3.8) is 0 Å². The maximum atomic E-state index is 14.6. The Morgan fingerprint density at radius 3 is 2.65 bits per heavy atom. The summed E-state index contributed by atoms with van der Waals surface area (Å²) in [6.07, 6.45) is 5.14. The molecule has 37 heavy (non-hydrogen) atoms. The van der Waals surface area contributed by atoms with Crippen LogP contribution in [0.2, 0.25) is 0 Å². The molecule has 0 atom stereocenters. The van der Waals surface area contributed by atoms with Crippen LogP contribution in [0.25, 0.3) is 22.2 Å². The Kier molecular flexibility index (Phi) is 8.32. The number of piperidine rings is 1. The number of aromatic nitrogens is 3. The van der Waals surface area contributed by atoms with E-state index in [0.717, 1.165) is 27.7 Å². The Hall–Kier alpha value is -3.20. The van der Waals surface area contributed by atoms with Gasteiger partial charge in [-0.15, -0.1) is 12.4 Å². The van der Waals surface area contributed by atoms with E-state index in [1.807, 2.05) is 53.2 Å². The average Bonchev–Trinajstić information content (AvgIpc) is 3.51. The van der Waals surface area contributed by atoms with E-state index in [4.69, 9.17) is 10.5 Å². The number of halogens is 2. The molecule has 5 rings (SSSR count). The van der Waals surface area contributed by atoms with Crippen LogP contribution in [0.15, 0.2) is 54.9 Å². The summed E-state index contributed by atoms with van der Waals surface area (Å²) >= 11 is 0. The third kappa shape index (κ3) is 5.14. The smallest absolute Gasteiger partial charge is 0.256 e. The molecule has 0 spiro atoms. The van der Waals surface area contributed by atoms with Crippen LogP contribution in [-0.2, 0) is 24.9 Å². The van der Waals surface area contributed by atoms with Crippen LogP contribution in [0.4, 0.5) is 4.39 Å². The van der Waals surface area contributed by atoms with Gasteiger partial charge in [-0.1, -0.05) is 24.3 Å². The van der Waals surface area contributed by atoms with E-state index in [0.29, 0.717) is 56.8 Å². The molecule has 3 heterocycles. The number of fused-ring (bicyclic) bond motifs is 1. The monoisotopic (exact) mass is 525 g/mol. The molecule has 7 nitrogen and oxygen atoms in total. The van der Waals surface area contributed by atoms with E-state index >= 15 is 0 Å². The van der Waals surface area contributed by atoms with Crippen LogP contribution in [0, 0.1) is 5.82 Å². The predicted octanol–water partition coefficient (Wildman–Crippen LogP) is 4.73. The molecule has 4 aromatic rings. The van der Waals surface area contributed by atoms with Crippen LogP contribution in [0.3, 0.4) is 0 Å². The van der Waals surface area contributed by atoms with Gasteiger partial charge in [0.25, 0.3) is 5.91 Å². The van der Waals surface area contributed by atoms with Gasteiger partial charge in [0, 0.05) is 69.2 Å². The van der Waals surface area contributed by atoms with Gasteiger partial charge in [0.15, 0.2) is 0 Å². The van der Waals surface area contributed by atoms with Crippen molar-refractivity contribution in [3.8, 4) is 11.3 Å². The number of likely N-dealkylation sites (tertiary alicyclic amines) is 1. The van der Waals surface area contributed by atoms with Crippen LogP contribution >= 0.6 is 12.4 Å². The molecule has 0 saturated carbocycles. The lowest BCUT2D eigenvalue weighted by molar-refractivity contribution is 0.0714. The third-order valence-electron chi connectivity index (χ3n) is 7.29. The number of benzene rings is 2. The van der Waals surface area contributed by atoms with E-state index in [1.54, 1.807) is 19.4 Å². The first-order valence-corrected chi connectivity index (χ1v) is 12.4. The molecule has 1 saturated heterocycles. The summed E-state index contributed by atoms with van der Waals surface area (Å²) in [6, 6.07) is 13.2. The summed E-state index contributed by atoms with van der Waals surface area (Å²) in [4.78, 5) is 15.8. The molecule has 0 bridgehead atoms. The Labute approximate surface area is 222 Å². The summed E-state index contributed by atoms with van der Waals surface area (Å²) in [7, 11) is 3.58. The fourth-order valence-electron chi connectivity index (χ4n) is 5.34. The highest BCUT2D eigenvalue weighted by molar-refractivity contribution is 6.12. The maximum absolute atomic E-state index is 14.6. The molecular formula is C28H33ClFN5O2. The zero-order valence-electron chi connectivity index (χ0n) is 21.2. The van der Waals surface area contributed by atoms with E-state index < -0.39 is 0 Å². The van der Waals surface area contributed by atoms with Crippen LogP contribution in [0.1, 0.15) is 40.2 Å². The first kappa shape index (κ1) is 26.9. The van der Waals surface area contributed by atoms with E-state index in [2.05, 4.69) is 9.67 Å². The van der Waals surface area contributed by atoms with Gasteiger partial charge in [-0.05, 0) is 48.1 Å². The Morgan fingerprint density at radius 2 is 1.97 bits per heavy atom. The van der Waals surface area contributed by atoms with Crippen molar-refractivity contribution in [1.29, 1.82) is 0 Å². The van der Waals surface area contributed by atoms with Crippen molar-refractivity contribution in [2.75, 3.05) is 26.8 Å². The zero-order valence-corrected chi connectivity index (χ0v) is 22.0. The number of aryl methyl sites for hydroxylation is 1. The molecule has 196 valence electrons. The highest BCUT2D eigenvalue weighted by Gasteiger charge is 2.29. The fourth-order valence-corrected chi connectivity index (χ4v) is 5.34. The zero-order chi connectivity index (χ0) is 25.2. The molecule has 1 aliphatic heterocycles. The predicted molar refractivity (Wildman–Crippen MR) is 145 cm³/mol. The molecule has 2 aromatic carbocycles. The van der Waals surface area contributed by atoms with Gasteiger partial charge in [-0.25, -0.2) is 4.39 Å². The molecule has 2 aromatic heterocycles. The maximum Gasteiger partial charge on any atom is 0.256 e. The number of carbonyl (C=O) groups excluding carboxylic acids is 1. The minimum Gasteiger partial charge on any atom is -0.383 e. The third-order valence-corrected chi connectivity index (χ3v) is 7.29. The van der Waals surface area contributed by atoms with Crippen molar-refractivity contribution in [1.82, 2.24) is 19.2 Å². The molecular weight excluding hydrogens is 493 g/mol. The molecule has 0 radical (unpaired) electrons. The van der Waals surface area contributed by atoms with Gasteiger partial charge in [0.1, 0.15) is 5.82 Å². The standard InChI is InChI=1S/C28H32FN5O2.ClH/c1-32-25(8-11-31-32)21-4-3-5-26-27(21)23(18-34(26)14-15-36-2)28(35)33-12-9-20(10-13-33)22-16-19(17-30)6-7-24(22)29;/h3-8,11,16,18,20H,9-10,12-15,17,30H2,1-2H3;1H. The first-order chi connectivity index (χ1) is 17.5. The van der Waals surface area contributed by atoms with Gasteiger partial charge in [0.05, 0.1) is 17.9 Å².